The lowest BCUT2D eigenvalue weighted by Crippen LogP contribution is -2.32. The molecule has 6 nitrogen and oxygen atoms in total. The van der Waals surface area contributed by atoms with E-state index in [-0.39, 0.29) is 22.5 Å². The maximum atomic E-state index is 14.9. The molecule has 3 rings (SSSR count). The molecule has 0 aliphatic carbocycles. The molecule has 0 unspecified atom stereocenters. The van der Waals surface area contributed by atoms with Gasteiger partial charge in [-0.1, -0.05) is 30.3 Å². The van der Waals surface area contributed by atoms with E-state index in [9.17, 15) is 17.6 Å². The summed E-state index contributed by atoms with van der Waals surface area (Å²) in [5.41, 5.74) is 4.10. The Balaban J connectivity index is 1.90. The Bertz CT molecular complexity index is 1370. The summed E-state index contributed by atoms with van der Waals surface area (Å²) >= 11 is 0. The first kappa shape index (κ1) is 26.0. The number of rotatable bonds is 8. The molecule has 3 aromatic carbocycles. The number of aryl methyl sites for hydroxylation is 2. The normalized spacial score (nSPS) is 11.9. The number of carbonyl (C=O) groups excluding carboxylic acids is 1. The van der Waals surface area contributed by atoms with E-state index < -0.39 is 15.9 Å². The van der Waals surface area contributed by atoms with Gasteiger partial charge in [-0.2, -0.15) is 0 Å². The second kappa shape index (κ2) is 10.7. The topological polar surface area (TPSA) is 84.5 Å². The van der Waals surface area contributed by atoms with Crippen molar-refractivity contribution in [2.24, 2.45) is 0 Å². The van der Waals surface area contributed by atoms with Crippen molar-refractivity contribution >= 4 is 27.7 Å². The summed E-state index contributed by atoms with van der Waals surface area (Å²) in [6.07, 6.45) is 1.47. The lowest BCUT2D eigenvalue weighted by Gasteiger charge is -2.15. The Morgan fingerprint density at radius 2 is 1.66 bits per heavy atom. The Morgan fingerprint density at radius 3 is 2.26 bits per heavy atom. The van der Waals surface area contributed by atoms with E-state index in [0.29, 0.717) is 16.8 Å². The van der Waals surface area contributed by atoms with Crippen molar-refractivity contribution in [1.82, 2.24) is 4.72 Å². The molecule has 0 radical (unpaired) electrons. The molecule has 0 aromatic heterocycles. The summed E-state index contributed by atoms with van der Waals surface area (Å²) < 4.78 is 47.1. The van der Waals surface area contributed by atoms with Crippen LogP contribution in [0.25, 0.3) is 17.2 Å². The molecule has 0 aliphatic rings. The molecule has 0 atom stereocenters. The van der Waals surface area contributed by atoms with Crippen LogP contribution in [0.5, 0.6) is 0 Å². The van der Waals surface area contributed by atoms with Crippen molar-refractivity contribution in [3.8, 4) is 11.1 Å². The molecule has 8 heteroatoms. The average Bonchev–Trinajstić information content (AvgIpc) is 2.79. The highest BCUT2D eigenvalue weighted by Crippen LogP contribution is 2.31. The number of halogens is 1. The highest BCUT2D eigenvalue weighted by molar-refractivity contribution is 7.90. The van der Waals surface area contributed by atoms with Gasteiger partial charge in [-0.15, -0.1) is 0 Å². The number of sulfonamides is 1. The van der Waals surface area contributed by atoms with Crippen LogP contribution in [0.3, 0.4) is 0 Å². The maximum absolute atomic E-state index is 14.9. The van der Waals surface area contributed by atoms with Crippen LogP contribution in [0.2, 0.25) is 0 Å². The largest absolute Gasteiger partial charge is 0.491 e. The molecule has 0 heterocycles. The number of nitrogens with one attached hydrogen (secondary N) is 2. The van der Waals surface area contributed by atoms with E-state index in [1.165, 1.54) is 31.4 Å². The van der Waals surface area contributed by atoms with Gasteiger partial charge in [0.15, 0.2) is 5.76 Å². The third-order valence-electron chi connectivity index (χ3n) is 5.34. The molecule has 0 bridgehead atoms. The minimum atomic E-state index is -4.05. The van der Waals surface area contributed by atoms with Crippen molar-refractivity contribution in [2.45, 2.75) is 38.6 Å². The maximum Gasteiger partial charge on any atom is 0.300 e. The number of benzene rings is 3. The zero-order valence-corrected chi connectivity index (χ0v) is 21.2. The second-order valence-electron chi connectivity index (χ2n) is 8.48. The van der Waals surface area contributed by atoms with Crippen molar-refractivity contribution < 1.29 is 22.3 Å². The molecular formula is C27H29FN2O4S. The first-order valence-corrected chi connectivity index (χ1v) is 12.6. The molecule has 0 saturated carbocycles. The number of anilines is 1. The molecular weight excluding hydrogens is 467 g/mol. The van der Waals surface area contributed by atoms with Crippen LogP contribution < -0.4 is 10.0 Å². The summed E-state index contributed by atoms with van der Waals surface area (Å²) in [7, 11) is -2.76. The standard InChI is InChI=1S/C27H29FN2O4S/c1-17(2)29-21-11-12-23(25(28)16-21)24-14-18(3)20(13-19(24)4)15-26(34-5)27(31)30-35(32,33)22-9-7-6-8-10-22/h6-17,29H,1-5H3,(H,30,31)/b26-15-. The molecule has 0 aliphatic heterocycles. The molecule has 1 amide bonds. The summed E-state index contributed by atoms with van der Waals surface area (Å²) in [6, 6.07) is 16.5. The minimum Gasteiger partial charge on any atom is -0.491 e. The SMILES string of the molecule is CO/C(=C\c1cc(C)c(-c2ccc(NC(C)C)cc2F)cc1C)C(=O)NS(=O)(=O)c1ccccc1. The highest BCUT2D eigenvalue weighted by atomic mass is 32.2. The molecule has 0 fully saturated rings. The Morgan fingerprint density at radius 1 is 0.971 bits per heavy atom. The third-order valence-corrected chi connectivity index (χ3v) is 6.69. The summed E-state index contributed by atoms with van der Waals surface area (Å²) in [5, 5.41) is 3.18. The fourth-order valence-electron chi connectivity index (χ4n) is 3.63. The van der Waals surface area contributed by atoms with E-state index in [4.69, 9.17) is 4.74 Å². The Kier molecular flexibility index (Phi) is 7.96. The van der Waals surface area contributed by atoms with Crippen LogP contribution in [-0.4, -0.2) is 27.5 Å². The first-order valence-electron chi connectivity index (χ1n) is 11.1. The summed E-state index contributed by atoms with van der Waals surface area (Å²) in [5.74, 6) is -1.41. The number of ether oxygens (including phenoxy) is 1. The lowest BCUT2D eigenvalue weighted by atomic mass is 9.94. The van der Waals surface area contributed by atoms with Crippen LogP contribution in [0.15, 0.2) is 71.3 Å². The number of hydrogen-bond donors (Lipinski definition) is 2. The fraction of sp³-hybridized carbons (Fsp3) is 0.222. The molecule has 3 aromatic rings. The zero-order chi connectivity index (χ0) is 25.8. The van der Waals surface area contributed by atoms with Crippen LogP contribution in [0.4, 0.5) is 10.1 Å². The van der Waals surface area contributed by atoms with Gasteiger partial charge in [0, 0.05) is 17.3 Å². The Labute approximate surface area is 205 Å². The van der Waals surface area contributed by atoms with Gasteiger partial charge in [-0.05, 0) is 86.4 Å². The molecule has 0 saturated heterocycles. The van der Waals surface area contributed by atoms with Crippen molar-refractivity contribution in [3.05, 3.63) is 88.9 Å². The third kappa shape index (κ3) is 6.27. The summed E-state index contributed by atoms with van der Waals surface area (Å²) in [6.45, 7) is 7.64. The molecule has 2 N–H and O–H groups in total. The van der Waals surface area contributed by atoms with Crippen LogP contribution >= 0.6 is 0 Å². The van der Waals surface area contributed by atoms with Crippen molar-refractivity contribution in [2.75, 3.05) is 12.4 Å². The van der Waals surface area contributed by atoms with E-state index in [1.807, 2.05) is 50.6 Å². The monoisotopic (exact) mass is 496 g/mol. The fourth-order valence-corrected chi connectivity index (χ4v) is 4.61. The quantitative estimate of drug-likeness (QED) is 0.321. The highest BCUT2D eigenvalue weighted by Gasteiger charge is 2.21. The predicted octanol–water partition coefficient (Wildman–Crippen LogP) is 5.42. The summed E-state index contributed by atoms with van der Waals surface area (Å²) in [4.78, 5) is 12.6. The van der Waals surface area contributed by atoms with Gasteiger partial charge in [0.25, 0.3) is 15.9 Å². The number of hydrogen-bond acceptors (Lipinski definition) is 5. The van der Waals surface area contributed by atoms with E-state index in [0.717, 1.165) is 16.7 Å². The van der Waals surface area contributed by atoms with Crippen LogP contribution in [0, 0.1) is 19.7 Å². The number of methoxy groups -OCH3 is 1. The van der Waals surface area contributed by atoms with Gasteiger partial charge < -0.3 is 10.1 Å². The van der Waals surface area contributed by atoms with Crippen LogP contribution in [0.1, 0.15) is 30.5 Å². The van der Waals surface area contributed by atoms with Gasteiger partial charge in [-0.3, -0.25) is 4.79 Å². The first-order chi connectivity index (χ1) is 16.5. The zero-order valence-electron chi connectivity index (χ0n) is 20.3. The smallest absolute Gasteiger partial charge is 0.300 e. The Hall–Kier alpha value is -3.65. The molecule has 0 spiro atoms. The number of carbonyl (C=O) groups is 1. The van der Waals surface area contributed by atoms with E-state index >= 15 is 0 Å². The van der Waals surface area contributed by atoms with Gasteiger partial charge in [0.1, 0.15) is 5.82 Å². The van der Waals surface area contributed by atoms with Crippen molar-refractivity contribution in [1.29, 1.82) is 0 Å². The predicted molar refractivity (Wildman–Crippen MR) is 137 cm³/mol. The molecule has 184 valence electrons. The van der Waals surface area contributed by atoms with Gasteiger partial charge in [0.05, 0.1) is 12.0 Å². The van der Waals surface area contributed by atoms with E-state index in [1.54, 1.807) is 24.3 Å². The van der Waals surface area contributed by atoms with E-state index in [2.05, 4.69) is 5.32 Å². The van der Waals surface area contributed by atoms with Crippen LogP contribution in [-0.2, 0) is 19.6 Å². The minimum absolute atomic E-state index is 0.0307. The van der Waals surface area contributed by atoms with Gasteiger partial charge in [0.2, 0.25) is 0 Å². The molecule has 35 heavy (non-hydrogen) atoms. The number of amides is 1. The van der Waals surface area contributed by atoms with Crippen molar-refractivity contribution in [3.63, 3.8) is 0 Å². The van der Waals surface area contributed by atoms with Gasteiger partial charge in [-0.25, -0.2) is 17.5 Å². The second-order valence-corrected chi connectivity index (χ2v) is 10.2. The lowest BCUT2D eigenvalue weighted by molar-refractivity contribution is -0.118. The average molecular weight is 497 g/mol. The van der Waals surface area contributed by atoms with Gasteiger partial charge >= 0.3 is 0 Å².